The average molecular weight is 355 g/mol. The van der Waals surface area contributed by atoms with E-state index in [1.807, 2.05) is 0 Å². The zero-order chi connectivity index (χ0) is 15.0. The van der Waals surface area contributed by atoms with Gasteiger partial charge >= 0.3 is 5.69 Å². The molecule has 0 bridgehead atoms. The molecule has 0 atom stereocenters. The minimum absolute atomic E-state index is 0.236. The van der Waals surface area contributed by atoms with Crippen molar-refractivity contribution >= 4 is 32.7 Å². The van der Waals surface area contributed by atoms with E-state index in [2.05, 4.69) is 42.9 Å². The minimum Gasteiger partial charge on any atom is -0.377 e. The van der Waals surface area contributed by atoms with Gasteiger partial charge in [0.2, 0.25) is 0 Å². The van der Waals surface area contributed by atoms with Gasteiger partial charge in [-0.25, -0.2) is 14.8 Å². The Balaban J connectivity index is 2.32. The van der Waals surface area contributed by atoms with Crippen molar-refractivity contribution in [1.82, 2.24) is 29.1 Å². The van der Waals surface area contributed by atoms with Crippen LogP contribution in [-0.2, 0) is 17.9 Å². The van der Waals surface area contributed by atoms with Crippen molar-refractivity contribution in [3.05, 3.63) is 21.0 Å². The molecule has 0 saturated heterocycles. The predicted octanol–water partition coefficient (Wildman–Crippen LogP) is 1.48. The quantitative estimate of drug-likeness (QED) is 0.700. The number of nitrogens with zero attached hydrogens (tertiary/aromatic N) is 5. The van der Waals surface area contributed by atoms with E-state index < -0.39 is 0 Å². The van der Waals surface area contributed by atoms with Gasteiger partial charge in [-0.2, -0.15) is 4.52 Å². The molecule has 8 nitrogen and oxygen atoms in total. The van der Waals surface area contributed by atoms with Crippen LogP contribution in [0.2, 0.25) is 0 Å². The number of hydrogen-bond donors (Lipinski definition) is 1. The summed E-state index contributed by atoms with van der Waals surface area (Å²) in [6.45, 7) is 2.93. The van der Waals surface area contributed by atoms with E-state index in [4.69, 9.17) is 4.74 Å². The van der Waals surface area contributed by atoms with Crippen LogP contribution in [0, 0.1) is 0 Å². The van der Waals surface area contributed by atoms with Crippen molar-refractivity contribution in [2.24, 2.45) is 0 Å². The Morgan fingerprint density at radius 1 is 1.33 bits per heavy atom. The van der Waals surface area contributed by atoms with Gasteiger partial charge in [0.1, 0.15) is 12.1 Å². The standard InChI is InChI=1S/C12H15BrN6O2/c1-3-4-5-18-9-8(15-11(13)16-9)10-14-7(6-21-2)17-19(10)12(18)20/h3-6H2,1-2H3,(H,15,16). The fourth-order valence-corrected chi connectivity index (χ4v) is 2.62. The fourth-order valence-electron chi connectivity index (χ4n) is 2.25. The third-order valence-electron chi connectivity index (χ3n) is 3.21. The van der Waals surface area contributed by atoms with Crippen LogP contribution in [-0.4, -0.2) is 36.2 Å². The van der Waals surface area contributed by atoms with Gasteiger partial charge in [0.25, 0.3) is 0 Å². The number of aromatic amines is 1. The van der Waals surface area contributed by atoms with E-state index in [-0.39, 0.29) is 12.3 Å². The number of hydrogen-bond acceptors (Lipinski definition) is 5. The summed E-state index contributed by atoms with van der Waals surface area (Å²) < 4.78 is 8.51. The maximum atomic E-state index is 12.6. The third-order valence-corrected chi connectivity index (χ3v) is 3.58. The highest BCUT2D eigenvalue weighted by Crippen LogP contribution is 2.18. The molecule has 3 heterocycles. The molecule has 0 unspecified atom stereocenters. The molecule has 0 spiro atoms. The Labute approximate surface area is 128 Å². The number of aryl methyl sites for hydroxylation is 1. The van der Waals surface area contributed by atoms with Gasteiger partial charge in [-0.3, -0.25) is 4.57 Å². The van der Waals surface area contributed by atoms with Crippen molar-refractivity contribution in [2.45, 2.75) is 32.9 Å². The number of imidazole rings is 1. The molecule has 3 aromatic heterocycles. The Morgan fingerprint density at radius 3 is 2.86 bits per heavy atom. The lowest BCUT2D eigenvalue weighted by Crippen LogP contribution is -2.28. The molecular formula is C12H15BrN6O2. The van der Waals surface area contributed by atoms with Crippen LogP contribution in [0.5, 0.6) is 0 Å². The molecule has 0 aliphatic rings. The maximum absolute atomic E-state index is 12.6. The molecule has 0 aromatic carbocycles. The number of methoxy groups -OCH3 is 1. The largest absolute Gasteiger partial charge is 0.377 e. The Kier molecular flexibility index (Phi) is 3.77. The topological polar surface area (TPSA) is 90.1 Å². The van der Waals surface area contributed by atoms with Gasteiger partial charge in [0, 0.05) is 13.7 Å². The molecule has 9 heteroatoms. The number of fused-ring (bicyclic) bond motifs is 3. The summed E-state index contributed by atoms with van der Waals surface area (Å²) in [4.78, 5) is 24.4. The van der Waals surface area contributed by atoms with Crippen LogP contribution >= 0.6 is 15.9 Å². The molecule has 21 heavy (non-hydrogen) atoms. The van der Waals surface area contributed by atoms with E-state index in [0.29, 0.717) is 33.9 Å². The van der Waals surface area contributed by atoms with Crippen molar-refractivity contribution in [3.63, 3.8) is 0 Å². The van der Waals surface area contributed by atoms with E-state index in [1.165, 1.54) is 4.52 Å². The monoisotopic (exact) mass is 354 g/mol. The molecule has 0 aliphatic heterocycles. The van der Waals surface area contributed by atoms with Crippen LogP contribution in [0.15, 0.2) is 9.53 Å². The SMILES string of the molecule is CCCCn1c(=O)n2nc(COC)nc2c2[nH]c(Br)nc21. The van der Waals surface area contributed by atoms with Crippen LogP contribution in [0.3, 0.4) is 0 Å². The second-order valence-electron chi connectivity index (χ2n) is 4.71. The lowest BCUT2D eigenvalue weighted by molar-refractivity contribution is 0.178. The average Bonchev–Trinajstić information content (AvgIpc) is 3.03. The zero-order valence-corrected chi connectivity index (χ0v) is 13.3. The molecule has 3 aromatic rings. The smallest absolute Gasteiger partial charge is 0.352 e. The number of H-pyrrole nitrogens is 1. The molecule has 0 amide bonds. The number of halogens is 1. The maximum Gasteiger partial charge on any atom is 0.352 e. The van der Waals surface area contributed by atoms with Crippen LogP contribution in [0.1, 0.15) is 25.6 Å². The Morgan fingerprint density at radius 2 is 2.14 bits per heavy atom. The van der Waals surface area contributed by atoms with E-state index in [9.17, 15) is 4.79 Å². The first-order valence-electron chi connectivity index (χ1n) is 6.68. The van der Waals surface area contributed by atoms with Gasteiger partial charge in [-0.05, 0) is 22.4 Å². The molecule has 0 fully saturated rings. The first-order valence-corrected chi connectivity index (χ1v) is 7.47. The number of nitrogens with one attached hydrogen (secondary N) is 1. The molecule has 112 valence electrons. The normalized spacial score (nSPS) is 11.8. The number of unbranched alkanes of at least 4 members (excludes halogenated alkanes) is 1. The minimum atomic E-state index is -0.236. The van der Waals surface area contributed by atoms with Crippen LogP contribution in [0.25, 0.3) is 16.8 Å². The summed E-state index contributed by atoms with van der Waals surface area (Å²) in [5, 5.41) is 4.21. The van der Waals surface area contributed by atoms with Crippen molar-refractivity contribution in [1.29, 1.82) is 0 Å². The summed E-state index contributed by atoms with van der Waals surface area (Å²) in [6.07, 6.45) is 1.88. The van der Waals surface area contributed by atoms with Crippen LogP contribution < -0.4 is 5.69 Å². The summed E-state index contributed by atoms with van der Waals surface area (Å²) >= 11 is 3.31. The molecule has 0 saturated carbocycles. The fraction of sp³-hybridized carbons (Fsp3) is 0.500. The zero-order valence-electron chi connectivity index (χ0n) is 11.8. The summed E-state index contributed by atoms with van der Waals surface area (Å²) in [5.41, 5.74) is 1.50. The van der Waals surface area contributed by atoms with Gasteiger partial charge in [-0.15, -0.1) is 5.10 Å². The lowest BCUT2D eigenvalue weighted by Gasteiger charge is -2.05. The molecule has 0 aliphatic carbocycles. The third kappa shape index (κ3) is 2.36. The molecule has 0 radical (unpaired) electrons. The van der Waals surface area contributed by atoms with Gasteiger partial charge in [0.15, 0.2) is 21.9 Å². The van der Waals surface area contributed by atoms with E-state index >= 15 is 0 Å². The second kappa shape index (κ2) is 5.57. The van der Waals surface area contributed by atoms with Gasteiger partial charge in [-0.1, -0.05) is 13.3 Å². The van der Waals surface area contributed by atoms with Crippen molar-refractivity contribution < 1.29 is 4.74 Å². The first kappa shape index (κ1) is 14.2. The molecule has 3 rings (SSSR count). The summed E-state index contributed by atoms with van der Waals surface area (Å²) in [7, 11) is 1.56. The lowest BCUT2D eigenvalue weighted by atomic mass is 10.3. The summed E-state index contributed by atoms with van der Waals surface area (Å²) in [5.74, 6) is 0.467. The molecule has 1 N–H and O–H groups in total. The van der Waals surface area contributed by atoms with Crippen molar-refractivity contribution in [2.75, 3.05) is 7.11 Å². The van der Waals surface area contributed by atoms with E-state index in [0.717, 1.165) is 12.8 Å². The molecular weight excluding hydrogens is 340 g/mol. The van der Waals surface area contributed by atoms with Crippen molar-refractivity contribution in [3.8, 4) is 0 Å². The number of rotatable bonds is 5. The summed E-state index contributed by atoms with van der Waals surface area (Å²) in [6, 6.07) is 0. The van der Waals surface area contributed by atoms with Gasteiger partial charge < -0.3 is 9.72 Å². The number of ether oxygens (including phenoxy) is 1. The highest BCUT2D eigenvalue weighted by molar-refractivity contribution is 9.10. The van der Waals surface area contributed by atoms with Gasteiger partial charge in [0.05, 0.1) is 0 Å². The highest BCUT2D eigenvalue weighted by atomic mass is 79.9. The highest BCUT2D eigenvalue weighted by Gasteiger charge is 2.17. The van der Waals surface area contributed by atoms with E-state index in [1.54, 1.807) is 11.7 Å². The van der Waals surface area contributed by atoms with Crippen LogP contribution in [0.4, 0.5) is 0 Å². The predicted molar refractivity (Wildman–Crippen MR) is 80.2 cm³/mol. The first-order chi connectivity index (χ1) is 10.2. The number of aromatic nitrogens is 6. The Bertz CT molecular complexity index is 849. The Hall–Kier alpha value is -1.74. The second-order valence-corrected chi connectivity index (χ2v) is 5.46.